The minimum atomic E-state index is -0.179. The van der Waals surface area contributed by atoms with Gasteiger partial charge in [0.15, 0.2) is 0 Å². The molecule has 2 rings (SSSR count). The number of hydrogen-bond acceptors (Lipinski definition) is 1. The van der Waals surface area contributed by atoms with Crippen molar-refractivity contribution >= 4 is 15.9 Å². The highest BCUT2D eigenvalue weighted by molar-refractivity contribution is 9.10. The van der Waals surface area contributed by atoms with Crippen LogP contribution in [0.1, 0.15) is 51.0 Å². The molecule has 0 radical (unpaired) electrons. The predicted octanol–water partition coefficient (Wildman–Crippen LogP) is 4.96. The van der Waals surface area contributed by atoms with E-state index in [1.165, 1.54) is 44.1 Å². The van der Waals surface area contributed by atoms with E-state index in [-0.39, 0.29) is 6.10 Å². The van der Waals surface area contributed by atoms with Gasteiger partial charge < -0.3 is 5.11 Å². The Bertz CT molecular complexity index is 383. The molecule has 0 saturated heterocycles. The molecule has 1 unspecified atom stereocenters. The van der Waals surface area contributed by atoms with E-state index in [9.17, 15) is 5.11 Å². The minimum absolute atomic E-state index is 0.179. The van der Waals surface area contributed by atoms with Gasteiger partial charge in [-0.2, -0.15) is 0 Å². The molecule has 106 valence electrons. The van der Waals surface area contributed by atoms with Crippen LogP contribution in [0.5, 0.6) is 0 Å². The number of halogens is 1. The van der Waals surface area contributed by atoms with Crippen molar-refractivity contribution in [2.45, 2.75) is 58.0 Å². The molecular formula is C17H25BrO. The summed E-state index contributed by atoms with van der Waals surface area (Å²) >= 11 is 3.57. The Balaban J connectivity index is 1.85. The van der Waals surface area contributed by atoms with Gasteiger partial charge in [0.05, 0.1) is 6.10 Å². The average molecular weight is 325 g/mol. The van der Waals surface area contributed by atoms with Crippen LogP contribution in [0.3, 0.4) is 0 Å². The highest BCUT2D eigenvalue weighted by atomic mass is 79.9. The van der Waals surface area contributed by atoms with Gasteiger partial charge in [0.25, 0.3) is 0 Å². The summed E-state index contributed by atoms with van der Waals surface area (Å²) in [6, 6.07) is 8.23. The van der Waals surface area contributed by atoms with E-state index in [0.29, 0.717) is 5.92 Å². The molecule has 0 amide bonds. The largest absolute Gasteiger partial charge is 0.392 e. The third-order valence-electron chi connectivity index (χ3n) is 4.52. The summed E-state index contributed by atoms with van der Waals surface area (Å²) in [7, 11) is 0. The molecule has 1 atom stereocenters. The van der Waals surface area contributed by atoms with Crippen molar-refractivity contribution in [1.82, 2.24) is 0 Å². The van der Waals surface area contributed by atoms with Crippen LogP contribution in [0.2, 0.25) is 0 Å². The molecule has 2 heteroatoms. The third kappa shape index (κ3) is 4.32. The van der Waals surface area contributed by atoms with E-state index in [4.69, 9.17) is 0 Å². The van der Waals surface area contributed by atoms with E-state index in [0.717, 1.165) is 16.8 Å². The van der Waals surface area contributed by atoms with Crippen molar-refractivity contribution in [1.29, 1.82) is 0 Å². The molecule has 1 nitrogen and oxygen atoms in total. The molecule has 19 heavy (non-hydrogen) atoms. The standard InChI is InChI=1S/C17H25BrO/c1-2-5-13-8-10-14(11-9-13)17(19)12-15-6-3-4-7-16(15)18/h3-4,6-7,13-14,17,19H,2,5,8-12H2,1H3. The van der Waals surface area contributed by atoms with E-state index in [1.807, 2.05) is 12.1 Å². The lowest BCUT2D eigenvalue weighted by molar-refractivity contribution is 0.0727. The Morgan fingerprint density at radius 3 is 2.53 bits per heavy atom. The molecule has 0 aromatic heterocycles. The average Bonchev–Trinajstić information content (AvgIpc) is 2.42. The summed E-state index contributed by atoms with van der Waals surface area (Å²) in [5.41, 5.74) is 1.23. The molecule has 0 bridgehead atoms. The fraction of sp³-hybridized carbons (Fsp3) is 0.647. The monoisotopic (exact) mass is 324 g/mol. The van der Waals surface area contributed by atoms with Crippen molar-refractivity contribution < 1.29 is 5.11 Å². The Hall–Kier alpha value is -0.340. The lowest BCUT2D eigenvalue weighted by Gasteiger charge is -2.31. The van der Waals surface area contributed by atoms with Crippen LogP contribution < -0.4 is 0 Å². The van der Waals surface area contributed by atoms with Crippen molar-refractivity contribution in [2.24, 2.45) is 11.8 Å². The van der Waals surface area contributed by atoms with Crippen LogP contribution in [-0.4, -0.2) is 11.2 Å². The van der Waals surface area contributed by atoms with E-state index < -0.39 is 0 Å². The number of hydrogen-bond donors (Lipinski definition) is 1. The zero-order chi connectivity index (χ0) is 13.7. The van der Waals surface area contributed by atoms with Crippen LogP contribution in [0.4, 0.5) is 0 Å². The fourth-order valence-corrected chi connectivity index (χ4v) is 3.77. The van der Waals surface area contributed by atoms with Gasteiger partial charge in [-0.25, -0.2) is 0 Å². The van der Waals surface area contributed by atoms with E-state index in [1.54, 1.807) is 0 Å². The maximum absolute atomic E-state index is 10.4. The Kier molecular flexibility index (Phi) is 5.90. The van der Waals surface area contributed by atoms with Gasteiger partial charge in [0, 0.05) is 4.47 Å². The Labute approximate surface area is 125 Å². The second-order valence-electron chi connectivity index (χ2n) is 5.93. The topological polar surface area (TPSA) is 20.2 Å². The lowest BCUT2D eigenvalue weighted by Crippen LogP contribution is -2.27. The van der Waals surface area contributed by atoms with Gasteiger partial charge >= 0.3 is 0 Å². The van der Waals surface area contributed by atoms with Crippen molar-refractivity contribution in [3.8, 4) is 0 Å². The molecule has 1 fully saturated rings. The Morgan fingerprint density at radius 1 is 1.21 bits per heavy atom. The first-order chi connectivity index (χ1) is 9.20. The highest BCUT2D eigenvalue weighted by Gasteiger charge is 2.26. The quantitative estimate of drug-likeness (QED) is 0.811. The van der Waals surface area contributed by atoms with Crippen LogP contribution >= 0.6 is 15.9 Å². The third-order valence-corrected chi connectivity index (χ3v) is 5.29. The maximum Gasteiger partial charge on any atom is 0.0609 e. The highest BCUT2D eigenvalue weighted by Crippen LogP contribution is 2.34. The fourth-order valence-electron chi connectivity index (χ4n) is 3.33. The molecule has 0 heterocycles. The number of aliphatic hydroxyl groups is 1. The minimum Gasteiger partial charge on any atom is -0.392 e. The van der Waals surface area contributed by atoms with Crippen LogP contribution in [-0.2, 0) is 6.42 Å². The second-order valence-corrected chi connectivity index (χ2v) is 6.79. The van der Waals surface area contributed by atoms with Gasteiger partial charge in [-0.05, 0) is 42.7 Å². The molecule has 1 aliphatic carbocycles. The zero-order valence-corrected chi connectivity index (χ0v) is 13.4. The van der Waals surface area contributed by atoms with E-state index >= 15 is 0 Å². The number of rotatable bonds is 5. The normalized spacial score (nSPS) is 25.2. The summed E-state index contributed by atoms with van der Waals surface area (Å²) in [5.74, 6) is 1.41. The summed E-state index contributed by atoms with van der Waals surface area (Å²) in [4.78, 5) is 0. The first-order valence-electron chi connectivity index (χ1n) is 7.62. The molecular weight excluding hydrogens is 300 g/mol. The molecule has 1 aromatic carbocycles. The van der Waals surface area contributed by atoms with Crippen molar-refractivity contribution in [2.75, 3.05) is 0 Å². The molecule has 1 aliphatic rings. The van der Waals surface area contributed by atoms with Crippen molar-refractivity contribution in [3.63, 3.8) is 0 Å². The van der Waals surface area contributed by atoms with Gasteiger partial charge in [0.1, 0.15) is 0 Å². The van der Waals surface area contributed by atoms with Crippen molar-refractivity contribution in [3.05, 3.63) is 34.3 Å². The van der Waals surface area contributed by atoms with E-state index in [2.05, 4.69) is 35.0 Å². The van der Waals surface area contributed by atoms with Gasteiger partial charge in [0.2, 0.25) is 0 Å². The SMILES string of the molecule is CCCC1CCC(C(O)Cc2ccccc2Br)CC1. The summed E-state index contributed by atoms with van der Waals surface area (Å²) in [6.07, 6.45) is 8.30. The Morgan fingerprint density at radius 2 is 1.89 bits per heavy atom. The molecule has 0 aliphatic heterocycles. The van der Waals surface area contributed by atoms with Crippen LogP contribution in [0.25, 0.3) is 0 Å². The smallest absolute Gasteiger partial charge is 0.0609 e. The first kappa shape index (κ1) is 15.1. The molecule has 1 aromatic rings. The van der Waals surface area contributed by atoms with Crippen LogP contribution in [0, 0.1) is 11.8 Å². The summed E-state index contributed by atoms with van der Waals surface area (Å²) in [5, 5.41) is 10.4. The number of aliphatic hydroxyl groups excluding tert-OH is 1. The number of benzene rings is 1. The first-order valence-corrected chi connectivity index (χ1v) is 8.41. The summed E-state index contributed by atoms with van der Waals surface area (Å²) < 4.78 is 1.12. The van der Waals surface area contributed by atoms with Gasteiger partial charge in [-0.3, -0.25) is 0 Å². The molecule has 1 N–H and O–H groups in total. The predicted molar refractivity (Wildman–Crippen MR) is 84.2 cm³/mol. The molecule has 1 saturated carbocycles. The van der Waals surface area contributed by atoms with Gasteiger partial charge in [-0.15, -0.1) is 0 Å². The lowest BCUT2D eigenvalue weighted by atomic mass is 9.77. The second kappa shape index (κ2) is 7.44. The van der Waals surface area contributed by atoms with Crippen LogP contribution in [0.15, 0.2) is 28.7 Å². The molecule has 0 spiro atoms. The maximum atomic E-state index is 10.4. The summed E-state index contributed by atoms with van der Waals surface area (Å²) in [6.45, 7) is 2.27. The van der Waals surface area contributed by atoms with Gasteiger partial charge in [-0.1, -0.05) is 66.7 Å². The zero-order valence-electron chi connectivity index (χ0n) is 11.8.